The molecule has 2 aromatic heterocycles. The highest BCUT2D eigenvalue weighted by Crippen LogP contribution is 2.38. The van der Waals surface area contributed by atoms with Gasteiger partial charge in [-0.15, -0.1) is 11.3 Å². The van der Waals surface area contributed by atoms with Crippen LogP contribution < -0.4 is 16.4 Å². The molecule has 0 aliphatic heterocycles. The first-order chi connectivity index (χ1) is 15.0. The summed E-state index contributed by atoms with van der Waals surface area (Å²) < 4.78 is 5.57. The van der Waals surface area contributed by atoms with Crippen LogP contribution in [0.2, 0.25) is 0 Å². The molecule has 0 aliphatic rings. The average Bonchev–Trinajstić information content (AvgIpc) is 3.20. The predicted molar refractivity (Wildman–Crippen MR) is 125 cm³/mol. The maximum absolute atomic E-state index is 12.3. The second-order valence-electron chi connectivity index (χ2n) is 6.93. The number of urea groups is 1. The molecule has 2 heterocycles. The Labute approximate surface area is 182 Å². The molecule has 2 amide bonds. The van der Waals surface area contributed by atoms with Crippen LogP contribution >= 0.6 is 11.3 Å². The molecule has 4 rings (SSSR count). The second kappa shape index (κ2) is 8.45. The van der Waals surface area contributed by atoms with E-state index in [0.29, 0.717) is 22.5 Å². The molecule has 0 bridgehead atoms. The molecule has 0 aliphatic carbocycles. The highest BCUT2D eigenvalue weighted by Gasteiger charge is 2.18. The molecule has 0 saturated carbocycles. The van der Waals surface area contributed by atoms with Crippen LogP contribution in [0, 0.1) is 6.92 Å². The highest BCUT2D eigenvalue weighted by atomic mass is 32.1. The van der Waals surface area contributed by atoms with Gasteiger partial charge >= 0.3 is 12.0 Å². The monoisotopic (exact) mass is 432 g/mol. The van der Waals surface area contributed by atoms with E-state index in [9.17, 15) is 9.59 Å². The normalized spacial score (nSPS) is 10.6. The van der Waals surface area contributed by atoms with Gasteiger partial charge in [0.05, 0.1) is 17.4 Å². The molecular formula is C23H20N4O3S. The van der Waals surface area contributed by atoms with Crippen molar-refractivity contribution in [2.45, 2.75) is 6.92 Å². The summed E-state index contributed by atoms with van der Waals surface area (Å²) >= 11 is 1.41. The number of rotatable bonds is 4. The van der Waals surface area contributed by atoms with Gasteiger partial charge in [0.25, 0.3) is 0 Å². The molecule has 8 heteroatoms. The molecule has 4 aromatic rings. The molecule has 0 radical (unpaired) electrons. The molecule has 156 valence electrons. The number of methoxy groups -OCH3 is 1. The summed E-state index contributed by atoms with van der Waals surface area (Å²) in [6.45, 7) is 1.96. The van der Waals surface area contributed by atoms with Crippen LogP contribution in [0.1, 0.15) is 15.9 Å². The number of nitrogens with two attached hydrogens (primary N) is 1. The number of pyridine rings is 1. The van der Waals surface area contributed by atoms with Crippen molar-refractivity contribution in [2.24, 2.45) is 0 Å². The lowest BCUT2D eigenvalue weighted by molar-refractivity contribution is 0.0603. The maximum Gasteiger partial charge on any atom is 0.340 e. The number of carbonyl (C=O) groups excluding carboxylic acids is 2. The van der Waals surface area contributed by atoms with Crippen molar-refractivity contribution >= 4 is 50.6 Å². The van der Waals surface area contributed by atoms with Crippen molar-refractivity contribution in [2.75, 3.05) is 23.5 Å². The number of ether oxygens (including phenoxy) is 1. The summed E-state index contributed by atoms with van der Waals surface area (Å²) in [5.74, 6) is -0.108. The molecule has 2 aromatic carbocycles. The number of esters is 1. The summed E-state index contributed by atoms with van der Waals surface area (Å²) in [5.41, 5.74) is 10.7. The van der Waals surface area contributed by atoms with E-state index in [1.807, 2.05) is 60.8 Å². The quantitative estimate of drug-likeness (QED) is 0.380. The number of carbonyl (C=O) groups is 2. The number of benzene rings is 2. The number of nitrogens with zero attached hydrogens (tertiary/aromatic N) is 1. The molecule has 0 unspecified atom stereocenters. The van der Waals surface area contributed by atoms with Crippen LogP contribution in [0.4, 0.5) is 22.0 Å². The molecule has 0 saturated heterocycles. The lowest BCUT2D eigenvalue weighted by Crippen LogP contribution is -2.19. The van der Waals surface area contributed by atoms with E-state index in [1.54, 1.807) is 0 Å². The maximum atomic E-state index is 12.3. The van der Waals surface area contributed by atoms with Gasteiger partial charge in [-0.3, -0.25) is 0 Å². The third kappa shape index (κ3) is 4.19. The van der Waals surface area contributed by atoms with Crippen LogP contribution in [0.3, 0.4) is 0 Å². The Balaban J connectivity index is 1.56. The Morgan fingerprint density at radius 3 is 2.52 bits per heavy atom. The summed E-state index contributed by atoms with van der Waals surface area (Å²) in [6.07, 6.45) is 1.43. The van der Waals surface area contributed by atoms with Gasteiger partial charge < -0.3 is 21.1 Å². The Hall–Kier alpha value is -3.91. The number of fused-ring (bicyclic) bond motifs is 1. The SMILES string of the molecule is COC(=O)c1cnc(N)c2c(-c3ccc(NC(=O)Nc4cccc(C)c4)cc3)csc12. The van der Waals surface area contributed by atoms with Gasteiger partial charge in [0.15, 0.2) is 0 Å². The van der Waals surface area contributed by atoms with Crippen molar-refractivity contribution in [3.05, 3.63) is 71.2 Å². The number of aryl methyl sites for hydroxylation is 1. The summed E-state index contributed by atoms with van der Waals surface area (Å²) in [6, 6.07) is 14.6. The van der Waals surface area contributed by atoms with E-state index in [0.717, 1.165) is 27.1 Å². The molecular weight excluding hydrogens is 412 g/mol. The molecule has 0 spiro atoms. The minimum absolute atomic E-state index is 0.324. The topological polar surface area (TPSA) is 106 Å². The van der Waals surface area contributed by atoms with Gasteiger partial charge in [-0.25, -0.2) is 14.6 Å². The lowest BCUT2D eigenvalue weighted by atomic mass is 10.0. The van der Waals surface area contributed by atoms with Crippen molar-refractivity contribution in [1.29, 1.82) is 0 Å². The number of aromatic nitrogens is 1. The standard InChI is InChI=1S/C23H20N4O3S/c1-13-4-3-5-16(10-13)27-23(29)26-15-8-6-14(7-9-15)18-12-31-20-17(22(28)30-2)11-25-21(24)19(18)20/h3-12H,1-2H3,(H2,24,25)(H2,26,27,29). The third-order valence-electron chi connectivity index (χ3n) is 4.76. The van der Waals surface area contributed by atoms with Crippen LogP contribution in [0.15, 0.2) is 60.1 Å². The van der Waals surface area contributed by atoms with Crippen molar-refractivity contribution in [3.8, 4) is 11.1 Å². The molecule has 4 N–H and O–H groups in total. The number of hydrogen-bond donors (Lipinski definition) is 3. The van der Waals surface area contributed by atoms with E-state index in [2.05, 4.69) is 15.6 Å². The van der Waals surface area contributed by atoms with Crippen molar-refractivity contribution in [1.82, 2.24) is 4.98 Å². The highest BCUT2D eigenvalue weighted by molar-refractivity contribution is 7.18. The van der Waals surface area contributed by atoms with Gasteiger partial charge in [-0.05, 0) is 47.7 Å². The molecule has 7 nitrogen and oxygen atoms in total. The van der Waals surface area contributed by atoms with E-state index >= 15 is 0 Å². The van der Waals surface area contributed by atoms with Crippen LogP contribution in [0.25, 0.3) is 21.2 Å². The fourth-order valence-corrected chi connectivity index (χ4v) is 4.37. The number of hydrogen-bond acceptors (Lipinski definition) is 6. The van der Waals surface area contributed by atoms with Gasteiger partial charge in [0, 0.05) is 28.5 Å². The van der Waals surface area contributed by atoms with Crippen molar-refractivity contribution in [3.63, 3.8) is 0 Å². The van der Waals surface area contributed by atoms with Gasteiger partial charge in [0.1, 0.15) is 5.82 Å². The number of amides is 2. The van der Waals surface area contributed by atoms with E-state index in [1.165, 1.54) is 24.6 Å². The fourth-order valence-electron chi connectivity index (χ4n) is 3.28. The minimum Gasteiger partial charge on any atom is -0.465 e. The number of nitrogen functional groups attached to an aromatic ring is 1. The summed E-state index contributed by atoms with van der Waals surface area (Å²) in [5, 5.41) is 8.27. The first-order valence-electron chi connectivity index (χ1n) is 9.45. The van der Waals surface area contributed by atoms with Crippen LogP contribution in [0.5, 0.6) is 0 Å². The lowest BCUT2D eigenvalue weighted by Gasteiger charge is -2.09. The molecule has 0 fully saturated rings. The molecule has 0 atom stereocenters. The smallest absolute Gasteiger partial charge is 0.340 e. The summed E-state index contributed by atoms with van der Waals surface area (Å²) in [4.78, 5) is 28.5. The van der Waals surface area contributed by atoms with E-state index in [4.69, 9.17) is 10.5 Å². The summed E-state index contributed by atoms with van der Waals surface area (Å²) in [7, 11) is 1.33. The predicted octanol–water partition coefficient (Wildman–Crippen LogP) is 5.28. The Morgan fingerprint density at radius 2 is 1.81 bits per heavy atom. The Morgan fingerprint density at radius 1 is 1.06 bits per heavy atom. The Kier molecular flexibility index (Phi) is 5.55. The van der Waals surface area contributed by atoms with Crippen LogP contribution in [-0.4, -0.2) is 24.1 Å². The van der Waals surface area contributed by atoms with E-state index < -0.39 is 5.97 Å². The fraction of sp³-hybridized carbons (Fsp3) is 0.0870. The van der Waals surface area contributed by atoms with E-state index in [-0.39, 0.29) is 6.03 Å². The zero-order valence-electron chi connectivity index (χ0n) is 16.9. The third-order valence-corrected chi connectivity index (χ3v) is 5.77. The number of nitrogens with one attached hydrogen (secondary N) is 2. The number of thiophene rings is 1. The Bertz CT molecular complexity index is 1280. The molecule has 31 heavy (non-hydrogen) atoms. The first kappa shape index (κ1) is 20.4. The second-order valence-corrected chi connectivity index (χ2v) is 7.81. The first-order valence-corrected chi connectivity index (χ1v) is 10.3. The van der Waals surface area contributed by atoms with Crippen LogP contribution in [-0.2, 0) is 4.74 Å². The van der Waals surface area contributed by atoms with Gasteiger partial charge in [-0.2, -0.15) is 0 Å². The average molecular weight is 433 g/mol. The minimum atomic E-state index is -0.454. The van der Waals surface area contributed by atoms with Gasteiger partial charge in [0.2, 0.25) is 0 Å². The zero-order chi connectivity index (χ0) is 22.0. The number of anilines is 3. The van der Waals surface area contributed by atoms with Crippen molar-refractivity contribution < 1.29 is 14.3 Å². The zero-order valence-corrected chi connectivity index (χ0v) is 17.7. The van der Waals surface area contributed by atoms with Gasteiger partial charge in [-0.1, -0.05) is 24.3 Å². The largest absolute Gasteiger partial charge is 0.465 e.